The first-order valence-corrected chi connectivity index (χ1v) is 10.00. The van der Waals surface area contributed by atoms with E-state index >= 15 is 0 Å². The largest absolute Gasteiger partial charge is 0.484 e. The third-order valence-electron chi connectivity index (χ3n) is 4.10. The molecule has 176 valence electrons. The minimum atomic E-state index is -4.52. The topological polar surface area (TPSA) is 109 Å². The summed E-state index contributed by atoms with van der Waals surface area (Å²) in [5, 5.41) is 8.50. The molecule has 0 heterocycles. The van der Waals surface area contributed by atoms with Gasteiger partial charge in [0.25, 0.3) is 5.91 Å². The Morgan fingerprint density at radius 1 is 1.06 bits per heavy atom. The van der Waals surface area contributed by atoms with Crippen molar-refractivity contribution < 1.29 is 32.3 Å². The predicted octanol–water partition coefficient (Wildman–Crippen LogP) is 3.09. The van der Waals surface area contributed by atoms with Crippen LogP contribution < -0.4 is 20.8 Å². The molecule has 8 nitrogen and oxygen atoms in total. The number of rotatable bonds is 9. The average Bonchev–Trinajstić information content (AvgIpc) is 2.77. The van der Waals surface area contributed by atoms with Crippen molar-refractivity contribution >= 4 is 29.6 Å². The number of benzene rings is 2. The number of nitrogens with zero attached hydrogens (tertiary/aromatic N) is 1. The summed E-state index contributed by atoms with van der Waals surface area (Å²) >= 11 is 0. The van der Waals surface area contributed by atoms with Crippen LogP contribution in [0.1, 0.15) is 30.9 Å². The predicted molar refractivity (Wildman–Crippen MR) is 116 cm³/mol. The molecule has 33 heavy (non-hydrogen) atoms. The molecule has 0 atom stereocenters. The first kappa shape index (κ1) is 25.4. The quantitative estimate of drug-likeness (QED) is 0.229. The highest BCUT2D eigenvalue weighted by atomic mass is 19.4. The lowest BCUT2D eigenvalue weighted by molar-refractivity contribution is -0.139. The first-order valence-electron chi connectivity index (χ1n) is 10.00. The molecule has 0 fully saturated rings. The summed E-state index contributed by atoms with van der Waals surface area (Å²) in [5.74, 6) is -2.04. The molecule has 3 N–H and O–H groups in total. The second kappa shape index (κ2) is 12.2. The van der Waals surface area contributed by atoms with Gasteiger partial charge in [0, 0.05) is 12.2 Å². The van der Waals surface area contributed by atoms with E-state index in [-0.39, 0.29) is 5.69 Å². The molecule has 0 radical (unpaired) electrons. The number of ether oxygens (including phenoxy) is 1. The van der Waals surface area contributed by atoms with Crippen molar-refractivity contribution in [2.45, 2.75) is 25.9 Å². The van der Waals surface area contributed by atoms with Gasteiger partial charge >= 0.3 is 18.0 Å². The van der Waals surface area contributed by atoms with Crippen molar-refractivity contribution in [1.82, 2.24) is 10.7 Å². The summed E-state index contributed by atoms with van der Waals surface area (Å²) in [5.41, 5.74) is 1.73. The van der Waals surface area contributed by atoms with Gasteiger partial charge in [-0.2, -0.15) is 18.3 Å². The van der Waals surface area contributed by atoms with Crippen LogP contribution in [0.5, 0.6) is 5.75 Å². The second-order valence-corrected chi connectivity index (χ2v) is 6.80. The zero-order chi connectivity index (χ0) is 24.3. The number of halogens is 3. The Kier molecular flexibility index (Phi) is 9.40. The standard InChI is InChI=1S/C22H23F3N4O4/c1-2-3-10-26-20(31)21(32)29-27-13-15-6-4-9-18(11-15)33-14-19(30)28-17-8-5-7-16(12-17)22(23,24)25/h4-9,11-13H,2-3,10,14H2,1H3,(H,26,31)(H,28,30)(H,29,32)/b27-13-. The van der Waals surface area contributed by atoms with Gasteiger partial charge < -0.3 is 15.4 Å². The summed E-state index contributed by atoms with van der Waals surface area (Å²) in [7, 11) is 0. The lowest BCUT2D eigenvalue weighted by Crippen LogP contribution is -2.38. The van der Waals surface area contributed by atoms with E-state index in [1.807, 2.05) is 6.92 Å². The maximum atomic E-state index is 12.8. The van der Waals surface area contributed by atoms with Gasteiger partial charge in [-0.1, -0.05) is 31.5 Å². The number of alkyl halides is 3. The summed E-state index contributed by atoms with van der Waals surface area (Å²) in [6.45, 7) is 1.91. The Morgan fingerprint density at radius 2 is 1.82 bits per heavy atom. The third-order valence-corrected chi connectivity index (χ3v) is 4.10. The minimum Gasteiger partial charge on any atom is -0.484 e. The van der Waals surface area contributed by atoms with Crippen LogP contribution in [0.2, 0.25) is 0 Å². The molecule has 0 unspecified atom stereocenters. The summed E-state index contributed by atoms with van der Waals surface area (Å²) in [4.78, 5) is 35.2. The van der Waals surface area contributed by atoms with Crippen LogP contribution in [0.4, 0.5) is 18.9 Å². The van der Waals surface area contributed by atoms with Crippen molar-refractivity contribution in [3.8, 4) is 5.75 Å². The fraction of sp³-hybridized carbons (Fsp3) is 0.273. The van der Waals surface area contributed by atoms with Gasteiger partial charge in [0.05, 0.1) is 11.8 Å². The highest BCUT2D eigenvalue weighted by Gasteiger charge is 2.30. The zero-order valence-corrected chi connectivity index (χ0v) is 17.7. The molecule has 0 spiro atoms. The van der Waals surface area contributed by atoms with Gasteiger partial charge in [-0.3, -0.25) is 14.4 Å². The van der Waals surface area contributed by atoms with Crippen LogP contribution in [-0.2, 0) is 20.6 Å². The molecule has 0 saturated carbocycles. The molecule has 11 heteroatoms. The van der Waals surface area contributed by atoms with E-state index in [1.165, 1.54) is 24.4 Å². The smallest absolute Gasteiger partial charge is 0.416 e. The minimum absolute atomic E-state index is 0.00576. The Bertz CT molecular complexity index is 1010. The lowest BCUT2D eigenvalue weighted by atomic mass is 10.2. The Labute approximate surface area is 188 Å². The number of unbranched alkanes of at least 4 members (excludes halogenated alkanes) is 1. The SMILES string of the molecule is CCCCNC(=O)C(=O)N/N=C\c1cccc(OCC(=O)Nc2cccc(C(F)(F)F)c2)c1. The van der Waals surface area contributed by atoms with Crippen LogP contribution in [0.25, 0.3) is 0 Å². The molecule has 0 bridgehead atoms. The molecule has 2 rings (SSSR count). The van der Waals surface area contributed by atoms with Gasteiger partial charge in [-0.05, 0) is 42.3 Å². The van der Waals surface area contributed by atoms with E-state index in [0.717, 1.165) is 25.0 Å². The number of anilines is 1. The summed E-state index contributed by atoms with van der Waals surface area (Å²) in [6, 6.07) is 10.6. The molecular weight excluding hydrogens is 441 g/mol. The number of amides is 3. The van der Waals surface area contributed by atoms with Crippen molar-refractivity contribution in [1.29, 1.82) is 0 Å². The maximum Gasteiger partial charge on any atom is 0.416 e. The first-order chi connectivity index (χ1) is 15.7. The molecule has 0 saturated heterocycles. The highest BCUT2D eigenvalue weighted by molar-refractivity contribution is 6.35. The molecule has 0 aliphatic carbocycles. The zero-order valence-electron chi connectivity index (χ0n) is 17.7. The monoisotopic (exact) mass is 464 g/mol. The van der Waals surface area contributed by atoms with E-state index < -0.39 is 36.1 Å². The van der Waals surface area contributed by atoms with Crippen LogP contribution >= 0.6 is 0 Å². The summed E-state index contributed by atoms with van der Waals surface area (Å²) in [6.07, 6.45) is -1.59. The van der Waals surface area contributed by atoms with Gasteiger partial charge in [-0.25, -0.2) is 5.43 Å². The van der Waals surface area contributed by atoms with Crippen LogP contribution in [0.3, 0.4) is 0 Å². The van der Waals surface area contributed by atoms with E-state index in [0.29, 0.717) is 17.9 Å². The van der Waals surface area contributed by atoms with E-state index in [2.05, 4.69) is 21.2 Å². The van der Waals surface area contributed by atoms with Crippen LogP contribution in [0.15, 0.2) is 53.6 Å². The Hall–Kier alpha value is -3.89. The lowest BCUT2D eigenvalue weighted by Gasteiger charge is -2.10. The molecule has 0 aromatic heterocycles. The number of carbonyl (C=O) groups excluding carboxylic acids is 3. The molecule has 2 aromatic carbocycles. The van der Waals surface area contributed by atoms with Gasteiger partial charge in [0.2, 0.25) is 0 Å². The molecule has 0 aliphatic heterocycles. The number of hydrazone groups is 1. The second-order valence-electron chi connectivity index (χ2n) is 6.80. The number of hydrogen-bond acceptors (Lipinski definition) is 5. The van der Waals surface area contributed by atoms with Crippen molar-refractivity contribution in [2.75, 3.05) is 18.5 Å². The van der Waals surface area contributed by atoms with E-state index in [9.17, 15) is 27.6 Å². The van der Waals surface area contributed by atoms with E-state index in [4.69, 9.17) is 4.74 Å². The Morgan fingerprint density at radius 3 is 2.55 bits per heavy atom. The van der Waals surface area contributed by atoms with Gasteiger partial charge in [0.15, 0.2) is 6.61 Å². The van der Waals surface area contributed by atoms with Crippen molar-refractivity contribution in [3.05, 3.63) is 59.7 Å². The van der Waals surface area contributed by atoms with E-state index in [1.54, 1.807) is 18.2 Å². The average molecular weight is 464 g/mol. The molecule has 0 aliphatic rings. The fourth-order valence-corrected chi connectivity index (χ4v) is 2.48. The van der Waals surface area contributed by atoms with Crippen LogP contribution in [-0.4, -0.2) is 37.1 Å². The number of carbonyl (C=O) groups is 3. The van der Waals surface area contributed by atoms with Gasteiger partial charge in [-0.15, -0.1) is 0 Å². The highest BCUT2D eigenvalue weighted by Crippen LogP contribution is 2.30. The van der Waals surface area contributed by atoms with Crippen molar-refractivity contribution in [2.24, 2.45) is 5.10 Å². The molecule has 2 aromatic rings. The van der Waals surface area contributed by atoms with Crippen LogP contribution in [0, 0.1) is 0 Å². The third kappa shape index (κ3) is 9.01. The molecule has 3 amide bonds. The number of nitrogens with one attached hydrogen (secondary N) is 3. The van der Waals surface area contributed by atoms with Gasteiger partial charge in [0.1, 0.15) is 5.75 Å². The normalized spacial score (nSPS) is 11.2. The fourth-order valence-electron chi connectivity index (χ4n) is 2.48. The molecular formula is C22H23F3N4O4. The maximum absolute atomic E-state index is 12.8. The summed E-state index contributed by atoms with van der Waals surface area (Å²) < 4.78 is 43.6. The number of hydrogen-bond donors (Lipinski definition) is 3. The van der Waals surface area contributed by atoms with Crippen molar-refractivity contribution in [3.63, 3.8) is 0 Å². The Balaban J connectivity index is 1.85.